The van der Waals surface area contributed by atoms with E-state index < -0.39 is 44.2 Å². The first kappa shape index (κ1) is 32.7. The molecular formula is C14H27N2Na2O9P. The van der Waals surface area contributed by atoms with Gasteiger partial charge in [-0.1, -0.05) is 0 Å². The molecule has 0 unspecified atom stereocenters. The van der Waals surface area contributed by atoms with Crippen molar-refractivity contribution in [3.05, 3.63) is 0 Å². The Hall–Kier alpha value is 0.0300. The van der Waals surface area contributed by atoms with Gasteiger partial charge in [-0.05, 0) is 26.7 Å². The zero-order valence-electron chi connectivity index (χ0n) is 14.7. The molecule has 0 aromatic carbocycles. The third kappa shape index (κ3) is 15.9. The summed E-state index contributed by atoms with van der Waals surface area (Å²) in [6.45, 7) is 3.64. The zero-order valence-corrected chi connectivity index (χ0v) is 15.7. The number of esters is 2. The van der Waals surface area contributed by atoms with Crippen LogP contribution in [0, 0.1) is 0 Å². The fourth-order valence-corrected chi connectivity index (χ4v) is 2.26. The van der Waals surface area contributed by atoms with Crippen molar-refractivity contribution in [3.8, 4) is 0 Å². The van der Waals surface area contributed by atoms with Crippen LogP contribution in [-0.4, -0.2) is 108 Å². The molecule has 0 heterocycles. The molecule has 0 fully saturated rings. The third-order valence-corrected chi connectivity index (χ3v) is 3.64. The molecule has 154 valence electrons. The summed E-state index contributed by atoms with van der Waals surface area (Å²) < 4.78 is 29.8. The third-order valence-electron chi connectivity index (χ3n) is 2.90. The summed E-state index contributed by atoms with van der Waals surface area (Å²) in [5.74, 6) is -3.26. The van der Waals surface area contributed by atoms with Gasteiger partial charge in [-0.15, -0.1) is 0 Å². The van der Waals surface area contributed by atoms with E-state index in [0.29, 0.717) is 0 Å². The van der Waals surface area contributed by atoms with Crippen LogP contribution in [0.25, 0.3) is 0 Å². The Morgan fingerprint density at radius 1 is 0.786 bits per heavy atom. The summed E-state index contributed by atoms with van der Waals surface area (Å²) in [5.41, 5.74) is 11.0. The van der Waals surface area contributed by atoms with Gasteiger partial charge in [-0.25, -0.2) is 4.57 Å². The Morgan fingerprint density at radius 2 is 1.11 bits per heavy atom. The number of ether oxygens (including phenoxy) is 2. The predicted molar refractivity (Wildman–Crippen MR) is 103 cm³/mol. The van der Waals surface area contributed by atoms with Crippen LogP contribution in [0.15, 0.2) is 0 Å². The second kappa shape index (κ2) is 19.0. The molecule has 0 rings (SSSR count). The topological polar surface area (TPSA) is 174 Å². The van der Waals surface area contributed by atoms with E-state index in [9.17, 15) is 23.7 Å². The molecule has 0 aliphatic carbocycles. The molecule has 0 spiro atoms. The fourth-order valence-electron chi connectivity index (χ4n) is 1.59. The molecule has 2 atom stereocenters. The van der Waals surface area contributed by atoms with E-state index in [4.69, 9.17) is 11.5 Å². The Balaban J connectivity index is -0.00000312. The van der Waals surface area contributed by atoms with Gasteiger partial charge >= 0.3 is 91.2 Å². The van der Waals surface area contributed by atoms with E-state index in [1.165, 1.54) is 0 Å². The Bertz CT molecular complexity index is 493. The predicted octanol–water partition coefficient (Wildman–Crippen LogP) is -1.49. The molecule has 4 N–H and O–H groups in total. The van der Waals surface area contributed by atoms with E-state index >= 15 is 0 Å². The van der Waals surface area contributed by atoms with Gasteiger partial charge in [0.05, 0.1) is 13.2 Å². The van der Waals surface area contributed by atoms with E-state index in [0.717, 1.165) is 0 Å². The summed E-state index contributed by atoms with van der Waals surface area (Å²) in [5, 5.41) is 0. The minimum atomic E-state index is -3.51. The average Bonchev–Trinajstić information content (AvgIpc) is 2.57. The first-order chi connectivity index (χ1) is 12.2. The van der Waals surface area contributed by atoms with E-state index in [-0.39, 0.29) is 98.0 Å². The van der Waals surface area contributed by atoms with E-state index in [1.807, 2.05) is 0 Å². The van der Waals surface area contributed by atoms with Crippen molar-refractivity contribution >= 4 is 91.2 Å². The van der Waals surface area contributed by atoms with Crippen molar-refractivity contribution in [3.63, 3.8) is 0 Å². The van der Waals surface area contributed by atoms with Gasteiger partial charge in [0.25, 0.3) is 0 Å². The monoisotopic (exact) mass is 444 g/mol. The van der Waals surface area contributed by atoms with Crippen molar-refractivity contribution in [1.82, 2.24) is 0 Å². The zero-order chi connectivity index (χ0) is 20.1. The molecule has 0 amide bonds. The maximum atomic E-state index is 11.6. The molecule has 0 aromatic rings. The van der Waals surface area contributed by atoms with Crippen molar-refractivity contribution < 1.29 is 42.3 Å². The Morgan fingerprint density at radius 3 is 1.39 bits per heavy atom. The van der Waals surface area contributed by atoms with Crippen molar-refractivity contribution in [1.29, 1.82) is 0 Å². The maximum absolute atomic E-state index is 11.6. The normalized spacial score (nSPS) is 11.9. The number of rotatable bonds is 12. The number of nitrogens with two attached hydrogens (primary N) is 2. The van der Waals surface area contributed by atoms with Crippen LogP contribution in [0.3, 0.4) is 0 Å². The van der Waals surface area contributed by atoms with Crippen LogP contribution in [0.5, 0.6) is 0 Å². The minimum absolute atomic E-state index is 0. The summed E-state index contributed by atoms with van der Waals surface area (Å²) in [4.78, 5) is 45.5. The van der Waals surface area contributed by atoms with E-state index in [2.05, 4.69) is 18.5 Å². The van der Waals surface area contributed by atoms with Gasteiger partial charge in [0.15, 0.2) is 0 Å². The molecule has 0 aliphatic rings. The SMILES string of the molecule is CCOC(=O)CC[C@H](N)C(=O)O[PH](=O)OC(=O)[C@@H](N)CCC(=O)OCC.[NaH].[NaH]. The second-order valence-corrected chi connectivity index (χ2v) is 5.90. The van der Waals surface area contributed by atoms with Gasteiger partial charge in [0.2, 0.25) is 0 Å². The van der Waals surface area contributed by atoms with Crippen molar-refractivity contribution in [2.24, 2.45) is 11.5 Å². The Labute approximate surface area is 208 Å². The van der Waals surface area contributed by atoms with Gasteiger partial charge in [0, 0.05) is 12.8 Å². The van der Waals surface area contributed by atoms with Gasteiger partial charge in [-0.2, -0.15) is 0 Å². The first-order valence-corrected chi connectivity index (χ1v) is 9.23. The molecule has 0 saturated heterocycles. The second-order valence-electron chi connectivity index (χ2n) is 4.99. The van der Waals surface area contributed by atoms with Crippen LogP contribution in [0.2, 0.25) is 0 Å². The van der Waals surface area contributed by atoms with Crippen LogP contribution in [-0.2, 0) is 42.3 Å². The molecule has 0 bridgehead atoms. The molecule has 0 aliphatic heterocycles. The molecular weight excluding hydrogens is 417 g/mol. The molecule has 14 heteroatoms. The number of hydrogen-bond acceptors (Lipinski definition) is 11. The van der Waals surface area contributed by atoms with Crippen LogP contribution in [0.1, 0.15) is 39.5 Å². The summed E-state index contributed by atoms with van der Waals surface area (Å²) in [6, 6.07) is -2.46. The summed E-state index contributed by atoms with van der Waals surface area (Å²) in [7, 11) is -3.51. The number of hydrogen-bond donors (Lipinski definition) is 2. The fraction of sp³-hybridized carbons (Fsp3) is 0.714. The first-order valence-electron chi connectivity index (χ1n) is 8.00. The molecule has 11 nitrogen and oxygen atoms in total. The standard InChI is InChI=1S/C14H25N2O9P.2Na.2H/c1-3-22-11(17)7-5-9(15)13(19)24-26(21)25-14(20)10(16)6-8-12(18)23-4-2;;;;/h9-10,26H,3-8,15-16H2,1-2H3;;;;/t9-,10-;;;;/m0..../s1. The Kier molecular flexibility index (Phi) is 22.2. The summed E-state index contributed by atoms with van der Waals surface area (Å²) >= 11 is 0. The molecule has 0 radical (unpaired) electrons. The van der Waals surface area contributed by atoms with Crippen molar-refractivity contribution in [2.45, 2.75) is 51.6 Å². The number of carbonyl (C=O) groups is 4. The van der Waals surface area contributed by atoms with Crippen LogP contribution < -0.4 is 11.5 Å². The van der Waals surface area contributed by atoms with Crippen molar-refractivity contribution in [2.75, 3.05) is 13.2 Å². The van der Waals surface area contributed by atoms with Gasteiger partial charge in [-0.3, -0.25) is 19.2 Å². The van der Waals surface area contributed by atoms with Gasteiger partial charge in [0.1, 0.15) is 12.1 Å². The van der Waals surface area contributed by atoms with Crippen LogP contribution in [0.4, 0.5) is 0 Å². The molecule has 0 saturated carbocycles. The summed E-state index contributed by atoms with van der Waals surface area (Å²) in [6.07, 6.45) is -0.410. The quantitative estimate of drug-likeness (QED) is 0.155. The molecule has 28 heavy (non-hydrogen) atoms. The van der Waals surface area contributed by atoms with Gasteiger partial charge < -0.3 is 30.0 Å². The van der Waals surface area contributed by atoms with E-state index in [1.54, 1.807) is 13.8 Å². The average molecular weight is 444 g/mol. The number of carbonyl (C=O) groups excluding carboxylic acids is 4. The molecule has 0 aromatic heterocycles. The van der Waals surface area contributed by atoms with Crippen LogP contribution >= 0.6 is 8.25 Å².